The molecule has 166 valence electrons. The zero-order valence-electron chi connectivity index (χ0n) is 20.4. The molecule has 4 nitrogen and oxygen atoms in total. The molecule has 0 aromatic heterocycles. The van der Waals surface area contributed by atoms with Crippen LogP contribution in [0.25, 0.3) is 5.76 Å². The van der Waals surface area contributed by atoms with Gasteiger partial charge < -0.3 is 9.64 Å². The maximum absolute atomic E-state index is 9.50. The first-order valence-electron chi connectivity index (χ1n) is 11.5. The van der Waals surface area contributed by atoms with E-state index in [1.807, 2.05) is 24.3 Å². The highest BCUT2D eigenvalue weighted by molar-refractivity contribution is 5.76. The van der Waals surface area contributed by atoms with Crippen molar-refractivity contribution in [3.05, 3.63) is 57.9 Å². The fourth-order valence-corrected chi connectivity index (χ4v) is 4.89. The van der Waals surface area contributed by atoms with Crippen LogP contribution in [-0.4, -0.2) is 13.1 Å². The topological polar surface area (TPSA) is 60.0 Å². The highest BCUT2D eigenvalue weighted by atomic mass is 16.5. The second-order valence-corrected chi connectivity index (χ2v) is 11.6. The quantitative estimate of drug-likeness (QED) is 0.480. The summed E-state index contributed by atoms with van der Waals surface area (Å²) in [5.74, 6) is 1.48. The number of nitrogens with zero attached hydrogens (tertiary/aromatic N) is 3. The van der Waals surface area contributed by atoms with Crippen LogP contribution in [0.15, 0.2) is 41.2 Å². The normalized spacial score (nSPS) is 20.8. The van der Waals surface area contributed by atoms with Crippen LogP contribution in [0.1, 0.15) is 78.0 Å². The molecule has 1 aromatic rings. The molecule has 0 spiro atoms. The van der Waals surface area contributed by atoms with Crippen molar-refractivity contribution in [3.63, 3.8) is 0 Å². The van der Waals surface area contributed by atoms with E-state index >= 15 is 0 Å². The van der Waals surface area contributed by atoms with Crippen LogP contribution in [0.2, 0.25) is 0 Å². The van der Waals surface area contributed by atoms with Gasteiger partial charge >= 0.3 is 0 Å². The number of hydrogen-bond donors (Lipinski definition) is 0. The molecular weight excluding hydrogens is 394 g/mol. The van der Waals surface area contributed by atoms with Crippen molar-refractivity contribution < 1.29 is 4.74 Å². The Bertz CT molecular complexity index is 1100. The Labute approximate surface area is 192 Å². The fraction of sp³-hybridized carbons (Fsp3) is 0.500. The van der Waals surface area contributed by atoms with E-state index in [4.69, 9.17) is 4.74 Å². The maximum atomic E-state index is 9.50. The predicted octanol–water partition coefficient (Wildman–Crippen LogP) is 6.50. The molecule has 4 heteroatoms. The Morgan fingerprint density at radius 3 is 1.94 bits per heavy atom. The molecule has 0 unspecified atom stereocenters. The number of rotatable bonds is 1. The van der Waals surface area contributed by atoms with Crippen molar-refractivity contribution in [1.82, 2.24) is 0 Å². The molecule has 3 aliphatic heterocycles. The predicted molar refractivity (Wildman–Crippen MR) is 129 cm³/mol. The molecule has 3 aliphatic rings. The Balaban J connectivity index is 1.96. The monoisotopic (exact) mass is 427 g/mol. The van der Waals surface area contributed by atoms with Gasteiger partial charge in [0.15, 0.2) is 0 Å². The lowest BCUT2D eigenvalue weighted by Crippen LogP contribution is -2.44. The highest BCUT2D eigenvalue weighted by Crippen LogP contribution is 2.50. The summed E-state index contributed by atoms with van der Waals surface area (Å²) in [7, 11) is 0. The first-order chi connectivity index (χ1) is 14.9. The highest BCUT2D eigenvalue weighted by Gasteiger charge is 2.40. The van der Waals surface area contributed by atoms with Gasteiger partial charge in [0.05, 0.1) is 0 Å². The van der Waals surface area contributed by atoms with Crippen LogP contribution >= 0.6 is 0 Å². The first kappa shape index (κ1) is 22.2. The average Bonchev–Trinajstić information content (AvgIpc) is 2.72. The molecule has 0 aliphatic carbocycles. The van der Waals surface area contributed by atoms with E-state index in [0.717, 1.165) is 37.3 Å². The third-order valence-corrected chi connectivity index (χ3v) is 7.23. The van der Waals surface area contributed by atoms with Crippen LogP contribution in [0.4, 0.5) is 5.69 Å². The van der Waals surface area contributed by atoms with E-state index < -0.39 is 0 Å². The number of anilines is 1. The molecular formula is C28H33N3O. The number of ether oxygens (including phenoxy) is 1. The number of nitriles is 2. The Hall–Kier alpha value is -2.98. The summed E-state index contributed by atoms with van der Waals surface area (Å²) in [4.78, 5) is 2.55. The smallest absolute Gasteiger partial charge is 0.137 e. The van der Waals surface area contributed by atoms with Gasteiger partial charge in [0, 0.05) is 35.3 Å². The molecule has 0 N–H and O–H groups in total. The number of benzene rings is 1. The average molecular weight is 428 g/mol. The molecule has 0 radical (unpaired) electrons. The SMILES string of the molecule is CC(C)(C)C1=CC(=C(C#N)C#N)C=C(c2cc3c4c(c2)C(C)(C)CCN4CCC3(C)C)O1. The van der Waals surface area contributed by atoms with E-state index in [1.54, 1.807) is 0 Å². The molecule has 0 atom stereocenters. The molecule has 0 saturated carbocycles. The van der Waals surface area contributed by atoms with Gasteiger partial charge in [-0.3, -0.25) is 0 Å². The third kappa shape index (κ3) is 3.63. The van der Waals surface area contributed by atoms with Crippen molar-refractivity contribution in [3.8, 4) is 12.1 Å². The lowest BCUT2D eigenvalue weighted by Gasteiger charge is -2.48. The van der Waals surface area contributed by atoms with Crippen LogP contribution in [0.3, 0.4) is 0 Å². The second-order valence-electron chi connectivity index (χ2n) is 11.6. The minimum atomic E-state index is -0.251. The first-order valence-corrected chi connectivity index (χ1v) is 11.5. The summed E-state index contributed by atoms with van der Waals surface area (Å²) in [6, 6.07) is 8.65. The van der Waals surface area contributed by atoms with E-state index in [1.165, 1.54) is 16.8 Å². The minimum Gasteiger partial charge on any atom is -0.461 e. The van der Waals surface area contributed by atoms with Gasteiger partial charge in [0.2, 0.25) is 0 Å². The Kier molecular flexibility index (Phi) is 5.05. The number of hydrogen-bond acceptors (Lipinski definition) is 4. The van der Waals surface area contributed by atoms with Gasteiger partial charge in [0.1, 0.15) is 29.2 Å². The van der Waals surface area contributed by atoms with Crippen molar-refractivity contribution >= 4 is 11.4 Å². The summed E-state index contributed by atoms with van der Waals surface area (Å²) in [6.45, 7) is 17.8. The van der Waals surface area contributed by atoms with Crippen molar-refractivity contribution in [2.45, 2.75) is 72.1 Å². The van der Waals surface area contributed by atoms with Gasteiger partial charge in [-0.05, 0) is 59.1 Å². The van der Waals surface area contributed by atoms with Gasteiger partial charge in [0.25, 0.3) is 0 Å². The Morgan fingerprint density at radius 1 is 0.938 bits per heavy atom. The van der Waals surface area contributed by atoms with E-state index in [2.05, 4.69) is 65.5 Å². The summed E-state index contributed by atoms with van der Waals surface area (Å²) in [5.41, 5.74) is 5.78. The maximum Gasteiger partial charge on any atom is 0.137 e. The molecule has 0 amide bonds. The summed E-state index contributed by atoms with van der Waals surface area (Å²) >= 11 is 0. The van der Waals surface area contributed by atoms with Gasteiger partial charge in [-0.15, -0.1) is 0 Å². The molecule has 0 bridgehead atoms. The Morgan fingerprint density at radius 2 is 1.47 bits per heavy atom. The standard InChI is InChI=1S/C28H33N3O/c1-26(2,3)24-15-18(20(16-29)17-30)14-23(32-24)19-12-21-25-22(13-19)28(6,7)9-11-31(25)10-8-27(21,4)5/h12-15H,8-11H2,1-7H3. The van der Waals surface area contributed by atoms with Crippen molar-refractivity contribution in [1.29, 1.82) is 10.5 Å². The lowest BCUT2D eigenvalue weighted by molar-refractivity contribution is 0.262. The molecule has 3 heterocycles. The molecule has 0 saturated heterocycles. The number of allylic oxidation sites excluding steroid dienone is 5. The summed E-state index contributed by atoms with van der Waals surface area (Å²) in [6.07, 6.45) is 5.93. The molecule has 32 heavy (non-hydrogen) atoms. The van der Waals surface area contributed by atoms with Crippen molar-refractivity contribution in [2.75, 3.05) is 18.0 Å². The van der Waals surface area contributed by atoms with Gasteiger partial charge in [-0.25, -0.2) is 0 Å². The van der Waals surface area contributed by atoms with Crippen LogP contribution in [0, 0.1) is 28.1 Å². The van der Waals surface area contributed by atoms with E-state index in [0.29, 0.717) is 11.3 Å². The second kappa shape index (κ2) is 7.28. The lowest BCUT2D eigenvalue weighted by atomic mass is 9.69. The van der Waals surface area contributed by atoms with E-state index in [9.17, 15) is 10.5 Å². The summed E-state index contributed by atoms with van der Waals surface area (Å²) < 4.78 is 6.43. The van der Waals surface area contributed by atoms with Crippen LogP contribution in [0.5, 0.6) is 0 Å². The molecule has 4 rings (SSSR count). The fourth-order valence-electron chi connectivity index (χ4n) is 4.89. The zero-order valence-corrected chi connectivity index (χ0v) is 20.4. The minimum absolute atomic E-state index is 0.0745. The largest absolute Gasteiger partial charge is 0.461 e. The molecule has 1 aromatic carbocycles. The van der Waals surface area contributed by atoms with Gasteiger partial charge in [-0.1, -0.05) is 48.5 Å². The van der Waals surface area contributed by atoms with Crippen LogP contribution in [-0.2, 0) is 15.6 Å². The van der Waals surface area contributed by atoms with E-state index in [-0.39, 0.29) is 21.8 Å². The van der Waals surface area contributed by atoms with Gasteiger partial charge in [-0.2, -0.15) is 10.5 Å². The third-order valence-electron chi connectivity index (χ3n) is 7.23. The summed E-state index contributed by atoms with van der Waals surface area (Å²) in [5, 5.41) is 19.0. The molecule has 0 fully saturated rings. The van der Waals surface area contributed by atoms with Crippen molar-refractivity contribution in [2.24, 2.45) is 5.41 Å². The zero-order chi connectivity index (χ0) is 23.5. The van der Waals surface area contributed by atoms with Crippen LogP contribution < -0.4 is 4.90 Å².